The van der Waals surface area contributed by atoms with E-state index in [0.29, 0.717) is 0 Å². The van der Waals surface area contributed by atoms with Crippen molar-refractivity contribution < 1.29 is 18.1 Å². The Morgan fingerprint density at radius 3 is 2.43 bits per heavy atom. The summed E-state index contributed by atoms with van der Waals surface area (Å²) in [6.45, 7) is 0. The van der Waals surface area contributed by atoms with E-state index in [1.165, 1.54) is 0 Å². The zero-order chi connectivity index (χ0) is 10.9. The summed E-state index contributed by atoms with van der Waals surface area (Å²) in [5.74, 6) is 0. The molecule has 14 heavy (non-hydrogen) atoms. The zero-order valence-electron chi connectivity index (χ0n) is 6.38. The predicted octanol–water partition coefficient (Wildman–Crippen LogP) is 2.66. The molecule has 0 atom stereocenters. The van der Waals surface area contributed by atoms with E-state index < -0.39 is 27.5 Å². The second-order valence-corrected chi connectivity index (χ2v) is 2.65. The number of alkyl halides is 3. The summed E-state index contributed by atoms with van der Waals surface area (Å²) in [6, 6.07) is 0.926. The minimum Gasteiger partial charge on any atom is -0.258 e. The van der Waals surface area contributed by atoms with Gasteiger partial charge in [0, 0.05) is 6.20 Å². The Morgan fingerprint density at radius 2 is 2.07 bits per heavy atom. The average Bonchev–Trinajstić information content (AvgIpc) is 2.01. The molecule has 0 spiro atoms. The summed E-state index contributed by atoms with van der Waals surface area (Å²) >= 11 is 5.25. The Morgan fingerprint density at radius 1 is 1.50 bits per heavy atom. The van der Waals surface area contributed by atoms with Gasteiger partial charge in [0.1, 0.15) is 5.02 Å². The number of halogens is 4. The first-order chi connectivity index (χ1) is 6.34. The molecule has 0 bridgehead atoms. The fourth-order valence-corrected chi connectivity index (χ4v) is 1.03. The van der Waals surface area contributed by atoms with E-state index in [4.69, 9.17) is 11.6 Å². The SMILES string of the molecule is O=[N+]([O-])c1c(Cl)ccnc1C(F)(F)F. The van der Waals surface area contributed by atoms with Gasteiger partial charge in [0.2, 0.25) is 5.69 Å². The lowest BCUT2D eigenvalue weighted by Gasteiger charge is -2.05. The van der Waals surface area contributed by atoms with E-state index in [-0.39, 0.29) is 0 Å². The third kappa shape index (κ3) is 1.92. The van der Waals surface area contributed by atoms with E-state index >= 15 is 0 Å². The van der Waals surface area contributed by atoms with Crippen molar-refractivity contribution in [3.8, 4) is 0 Å². The first kappa shape index (κ1) is 10.7. The first-order valence-electron chi connectivity index (χ1n) is 3.20. The maximum absolute atomic E-state index is 12.2. The Balaban J connectivity index is 3.44. The van der Waals surface area contributed by atoms with Crippen molar-refractivity contribution in [2.45, 2.75) is 6.18 Å². The van der Waals surface area contributed by atoms with Crippen LogP contribution < -0.4 is 0 Å². The van der Waals surface area contributed by atoms with Crippen molar-refractivity contribution in [3.05, 3.63) is 33.1 Å². The van der Waals surface area contributed by atoms with Crippen LogP contribution in [0.5, 0.6) is 0 Å². The summed E-state index contributed by atoms with van der Waals surface area (Å²) in [7, 11) is 0. The molecule has 8 heteroatoms. The van der Waals surface area contributed by atoms with Gasteiger partial charge in [-0.2, -0.15) is 13.2 Å². The highest BCUT2D eigenvalue weighted by Gasteiger charge is 2.41. The summed E-state index contributed by atoms with van der Waals surface area (Å²) in [4.78, 5) is 11.9. The molecule has 0 aromatic carbocycles. The maximum Gasteiger partial charge on any atom is 0.440 e. The molecule has 4 nitrogen and oxygen atoms in total. The van der Waals surface area contributed by atoms with Gasteiger partial charge in [-0.05, 0) is 6.07 Å². The molecule has 0 amide bonds. The Kier molecular flexibility index (Phi) is 2.61. The summed E-state index contributed by atoms with van der Waals surface area (Å²) in [6.07, 6.45) is -4.12. The number of aromatic nitrogens is 1. The predicted molar refractivity (Wildman–Crippen MR) is 40.9 cm³/mol. The summed E-state index contributed by atoms with van der Waals surface area (Å²) in [5, 5.41) is 9.68. The van der Waals surface area contributed by atoms with Gasteiger partial charge in [-0.25, -0.2) is 4.98 Å². The smallest absolute Gasteiger partial charge is 0.258 e. The van der Waals surface area contributed by atoms with Crippen LogP contribution in [0.2, 0.25) is 5.02 Å². The van der Waals surface area contributed by atoms with Crippen LogP contribution in [-0.2, 0) is 6.18 Å². The molecule has 1 heterocycles. The maximum atomic E-state index is 12.2. The minimum absolute atomic E-state index is 0.586. The van der Waals surface area contributed by atoms with Crippen LogP contribution in [-0.4, -0.2) is 9.91 Å². The largest absolute Gasteiger partial charge is 0.440 e. The van der Waals surface area contributed by atoms with Gasteiger partial charge < -0.3 is 0 Å². The van der Waals surface area contributed by atoms with Crippen LogP contribution in [0.3, 0.4) is 0 Å². The van der Waals surface area contributed by atoms with E-state index in [2.05, 4.69) is 4.98 Å². The molecule has 0 aliphatic heterocycles. The number of nitrogens with zero attached hydrogens (tertiary/aromatic N) is 2. The fourth-order valence-electron chi connectivity index (χ4n) is 0.812. The zero-order valence-corrected chi connectivity index (χ0v) is 7.13. The first-order valence-corrected chi connectivity index (χ1v) is 3.58. The van der Waals surface area contributed by atoms with Gasteiger partial charge in [-0.15, -0.1) is 0 Å². The van der Waals surface area contributed by atoms with Gasteiger partial charge in [-0.1, -0.05) is 11.6 Å². The van der Waals surface area contributed by atoms with Gasteiger partial charge >= 0.3 is 11.9 Å². The molecule has 1 aromatic rings. The minimum atomic E-state index is -4.88. The van der Waals surface area contributed by atoms with E-state index in [1.807, 2.05) is 0 Å². The van der Waals surface area contributed by atoms with Crippen molar-refractivity contribution in [3.63, 3.8) is 0 Å². The van der Waals surface area contributed by atoms with Crippen LogP contribution in [0.4, 0.5) is 18.9 Å². The number of hydrogen-bond acceptors (Lipinski definition) is 3. The molecule has 1 aromatic heterocycles. The Labute approximate surface area is 80.5 Å². The Bertz CT molecular complexity index is 380. The third-order valence-corrected chi connectivity index (χ3v) is 1.63. The number of nitro groups is 1. The Hall–Kier alpha value is -1.37. The van der Waals surface area contributed by atoms with Crippen molar-refractivity contribution in [2.24, 2.45) is 0 Å². The quantitative estimate of drug-likeness (QED) is 0.546. The number of hydrogen-bond donors (Lipinski definition) is 0. The summed E-state index contributed by atoms with van der Waals surface area (Å²) in [5.41, 5.74) is -2.81. The highest BCUT2D eigenvalue weighted by molar-refractivity contribution is 6.32. The highest BCUT2D eigenvalue weighted by atomic mass is 35.5. The number of pyridine rings is 1. The van der Waals surface area contributed by atoms with Gasteiger partial charge in [0.15, 0.2) is 0 Å². The van der Waals surface area contributed by atoms with Crippen LogP contribution in [0.25, 0.3) is 0 Å². The van der Waals surface area contributed by atoms with Crippen LogP contribution in [0, 0.1) is 10.1 Å². The van der Waals surface area contributed by atoms with Crippen molar-refractivity contribution in [1.82, 2.24) is 4.98 Å². The van der Waals surface area contributed by atoms with Gasteiger partial charge in [0.05, 0.1) is 4.92 Å². The second kappa shape index (κ2) is 3.41. The molecule has 0 aliphatic carbocycles. The molecule has 0 saturated carbocycles. The van der Waals surface area contributed by atoms with Crippen molar-refractivity contribution in [2.75, 3.05) is 0 Å². The fraction of sp³-hybridized carbons (Fsp3) is 0.167. The van der Waals surface area contributed by atoms with Crippen LogP contribution in [0.15, 0.2) is 12.3 Å². The van der Waals surface area contributed by atoms with Gasteiger partial charge in [0.25, 0.3) is 0 Å². The molecule has 0 aliphatic rings. The molecular weight excluding hydrogens is 225 g/mol. The lowest BCUT2D eigenvalue weighted by molar-refractivity contribution is -0.388. The topological polar surface area (TPSA) is 56.0 Å². The summed E-state index contributed by atoms with van der Waals surface area (Å²) < 4.78 is 36.5. The lowest BCUT2D eigenvalue weighted by Crippen LogP contribution is -2.11. The van der Waals surface area contributed by atoms with Crippen LogP contribution in [0.1, 0.15) is 5.69 Å². The standard InChI is InChI=1S/C6H2ClF3N2O2/c7-3-1-2-11-5(6(8,9)10)4(3)12(13)14/h1-2H. The van der Waals surface area contributed by atoms with Crippen LogP contribution >= 0.6 is 11.6 Å². The molecule has 76 valence electrons. The lowest BCUT2D eigenvalue weighted by atomic mass is 10.3. The highest BCUT2D eigenvalue weighted by Crippen LogP contribution is 2.37. The van der Waals surface area contributed by atoms with Gasteiger partial charge in [-0.3, -0.25) is 10.1 Å². The molecule has 0 N–H and O–H groups in total. The van der Waals surface area contributed by atoms with Crippen molar-refractivity contribution in [1.29, 1.82) is 0 Å². The molecule has 1 rings (SSSR count). The normalized spacial score (nSPS) is 11.4. The monoisotopic (exact) mass is 226 g/mol. The van der Waals surface area contributed by atoms with E-state index in [9.17, 15) is 23.3 Å². The molecule has 0 unspecified atom stereocenters. The molecule has 0 saturated heterocycles. The third-order valence-electron chi connectivity index (χ3n) is 1.33. The van der Waals surface area contributed by atoms with E-state index in [1.54, 1.807) is 0 Å². The second-order valence-electron chi connectivity index (χ2n) is 2.24. The molecule has 0 fully saturated rings. The molecular formula is C6H2ClF3N2O2. The van der Waals surface area contributed by atoms with E-state index in [0.717, 1.165) is 12.3 Å². The molecule has 0 radical (unpaired) electrons. The number of rotatable bonds is 1. The average molecular weight is 227 g/mol. The van der Waals surface area contributed by atoms with Crippen molar-refractivity contribution >= 4 is 17.3 Å².